The van der Waals surface area contributed by atoms with Crippen molar-refractivity contribution in [3.63, 3.8) is 0 Å². The highest BCUT2D eigenvalue weighted by atomic mass is 14.4. The van der Waals surface area contributed by atoms with Crippen molar-refractivity contribution in [3.8, 4) is 6.07 Å². The minimum absolute atomic E-state index is 0.00201. The van der Waals surface area contributed by atoms with E-state index >= 15 is 0 Å². The normalized spacial score (nSPS) is 11.3. The van der Waals surface area contributed by atoms with Gasteiger partial charge in [0.05, 0.1) is 11.5 Å². The number of rotatable bonds is 9. The molecule has 0 amide bonds. The van der Waals surface area contributed by atoms with Crippen molar-refractivity contribution >= 4 is 0 Å². The first-order chi connectivity index (χ1) is 7.24. The van der Waals surface area contributed by atoms with Gasteiger partial charge in [-0.25, -0.2) is 0 Å². The number of unbranched alkanes of at least 4 members (excludes halogenated alkanes) is 3. The summed E-state index contributed by atoms with van der Waals surface area (Å²) in [7, 11) is 0. The van der Waals surface area contributed by atoms with Crippen LogP contribution in [0.25, 0.3) is 0 Å². The summed E-state index contributed by atoms with van der Waals surface area (Å²) in [5.74, 6) is 0. The topological polar surface area (TPSA) is 23.8 Å². The molecular weight excluding hydrogens is 182 g/mol. The van der Waals surface area contributed by atoms with Gasteiger partial charge in [-0.2, -0.15) is 5.26 Å². The van der Waals surface area contributed by atoms with E-state index in [2.05, 4.69) is 26.8 Å². The molecule has 0 aliphatic heterocycles. The van der Waals surface area contributed by atoms with Crippen LogP contribution in [0.5, 0.6) is 0 Å². The molecule has 0 radical (unpaired) electrons. The van der Waals surface area contributed by atoms with Gasteiger partial charge in [-0.3, -0.25) is 0 Å². The van der Waals surface area contributed by atoms with Crippen LogP contribution < -0.4 is 0 Å². The second kappa shape index (κ2) is 8.77. The molecule has 1 heteroatoms. The molecule has 0 spiro atoms. The Labute approximate surface area is 95.9 Å². The zero-order valence-corrected chi connectivity index (χ0v) is 10.8. The highest BCUT2D eigenvalue weighted by molar-refractivity contribution is 4.98. The Kier molecular flexibility index (Phi) is 8.47. The quantitative estimate of drug-likeness (QED) is 0.520. The lowest BCUT2D eigenvalue weighted by Crippen LogP contribution is -2.18. The molecule has 0 aliphatic carbocycles. The standard InChI is InChI=1S/C14H27N/c1-4-7-10-14(13-15,11-8-5-2)12-9-6-3/h4-12H2,1-3H3. The minimum Gasteiger partial charge on any atom is -0.198 e. The summed E-state index contributed by atoms with van der Waals surface area (Å²) >= 11 is 0. The summed E-state index contributed by atoms with van der Waals surface area (Å²) < 4.78 is 0. The first-order valence-corrected chi connectivity index (χ1v) is 6.66. The molecule has 15 heavy (non-hydrogen) atoms. The summed E-state index contributed by atoms with van der Waals surface area (Å²) in [5.41, 5.74) is 0.00201. The molecular formula is C14H27N. The minimum atomic E-state index is 0.00201. The molecule has 0 N–H and O–H groups in total. The van der Waals surface area contributed by atoms with Crippen LogP contribution in [-0.2, 0) is 0 Å². The number of nitriles is 1. The van der Waals surface area contributed by atoms with E-state index in [0.29, 0.717) is 0 Å². The van der Waals surface area contributed by atoms with Gasteiger partial charge in [-0.15, -0.1) is 0 Å². The lowest BCUT2D eigenvalue weighted by atomic mass is 9.76. The van der Waals surface area contributed by atoms with Crippen LogP contribution in [0.3, 0.4) is 0 Å². The third kappa shape index (κ3) is 5.82. The van der Waals surface area contributed by atoms with E-state index in [1.165, 1.54) is 38.5 Å². The van der Waals surface area contributed by atoms with Crippen molar-refractivity contribution in [2.45, 2.75) is 78.6 Å². The molecule has 0 rings (SSSR count). The average Bonchev–Trinajstić information content (AvgIpc) is 2.29. The van der Waals surface area contributed by atoms with Crippen molar-refractivity contribution in [3.05, 3.63) is 0 Å². The molecule has 88 valence electrons. The molecule has 0 atom stereocenters. The fraction of sp³-hybridized carbons (Fsp3) is 0.929. The lowest BCUT2D eigenvalue weighted by Gasteiger charge is -2.26. The first kappa shape index (κ1) is 14.5. The van der Waals surface area contributed by atoms with Gasteiger partial charge in [0.2, 0.25) is 0 Å². The van der Waals surface area contributed by atoms with Crippen molar-refractivity contribution in [1.82, 2.24) is 0 Å². The Hall–Kier alpha value is -0.510. The third-order valence-corrected chi connectivity index (χ3v) is 3.26. The van der Waals surface area contributed by atoms with Crippen LogP contribution in [0.2, 0.25) is 0 Å². The number of hydrogen-bond donors (Lipinski definition) is 0. The van der Waals surface area contributed by atoms with Gasteiger partial charge in [0.15, 0.2) is 0 Å². The molecule has 0 saturated heterocycles. The summed E-state index contributed by atoms with van der Waals surface area (Å²) in [6.07, 6.45) is 10.6. The van der Waals surface area contributed by atoms with E-state index < -0.39 is 0 Å². The van der Waals surface area contributed by atoms with Crippen LogP contribution in [-0.4, -0.2) is 0 Å². The highest BCUT2D eigenvalue weighted by Crippen LogP contribution is 2.35. The number of nitrogens with zero attached hydrogens (tertiary/aromatic N) is 1. The Morgan fingerprint density at radius 1 is 0.800 bits per heavy atom. The number of hydrogen-bond acceptors (Lipinski definition) is 1. The molecule has 0 aromatic heterocycles. The highest BCUT2D eigenvalue weighted by Gasteiger charge is 2.27. The smallest absolute Gasteiger partial charge is 0.0689 e. The molecule has 0 heterocycles. The largest absolute Gasteiger partial charge is 0.198 e. The van der Waals surface area contributed by atoms with Gasteiger partial charge in [0.1, 0.15) is 0 Å². The summed E-state index contributed by atoms with van der Waals surface area (Å²) in [4.78, 5) is 0. The van der Waals surface area contributed by atoms with E-state index in [1.54, 1.807) is 0 Å². The summed E-state index contributed by atoms with van der Waals surface area (Å²) in [6.45, 7) is 6.63. The lowest BCUT2D eigenvalue weighted by molar-refractivity contribution is 0.283. The maximum Gasteiger partial charge on any atom is 0.0689 e. The molecule has 0 aromatic rings. The zero-order chi connectivity index (χ0) is 11.6. The molecule has 0 fully saturated rings. The van der Waals surface area contributed by atoms with E-state index in [1.807, 2.05) is 0 Å². The Bertz CT molecular complexity index is 156. The van der Waals surface area contributed by atoms with E-state index in [0.717, 1.165) is 19.3 Å². The van der Waals surface area contributed by atoms with Gasteiger partial charge >= 0.3 is 0 Å². The second-order valence-electron chi connectivity index (χ2n) is 4.70. The van der Waals surface area contributed by atoms with E-state index in [-0.39, 0.29) is 5.41 Å². The first-order valence-electron chi connectivity index (χ1n) is 6.66. The fourth-order valence-corrected chi connectivity index (χ4v) is 2.09. The van der Waals surface area contributed by atoms with Crippen molar-refractivity contribution < 1.29 is 0 Å². The van der Waals surface area contributed by atoms with Gasteiger partial charge < -0.3 is 0 Å². The van der Waals surface area contributed by atoms with Gasteiger partial charge in [-0.05, 0) is 19.3 Å². The SMILES string of the molecule is CCCCC(C#N)(CCCC)CCCC. The molecule has 0 aromatic carbocycles. The fourth-order valence-electron chi connectivity index (χ4n) is 2.09. The van der Waals surface area contributed by atoms with Gasteiger partial charge in [0.25, 0.3) is 0 Å². The summed E-state index contributed by atoms with van der Waals surface area (Å²) in [6, 6.07) is 2.62. The second-order valence-corrected chi connectivity index (χ2v) is 4.70. The maximum absolute atomic E-state index is 9.41. The molecule has 0 bridgehead atoms. The van der Waals surface area contributed by atoms with Crippen LogP contribution in [0.1, 0.15) is 78.6 Å². The molecule has 0 unspecified atom stereocenters. The molecule has 0 aliphatic rings. The molecule has 0 saturated carbocycles. The zero-order valence-electron chi connectivity index (χ0n) is 10.8. The maximum atomic E-state index is 9.41. The Balaban J connectivity index is 4.25. The van der Waals surface area contributed by atoms with Crippen molar-refractivity contribution in [2.24, 2.45) is 5.41 Å². The van der Waals surface area contributed by atoms with Crippen LogP contribution in [0.15, 0.2) is 0 Å². The summed E-state index contributed by atoms with van der Waals surface area (Å²) in [5, 5.41) is 9.41. The monoisotopic (exact) mass is 209 g/mol. The third-order valence-electron chi connectivity index (χ3n) is 3.26. The van der Waals surface area contributed by atoms with Gasteiger partial charge in [-0.1, -0.05) is 59.3 Å². The molecule has 1 nitrogen and oxygen atoms in total. The Morgan fingerprint density at radius 2 is 1.13 bits per heavy atom. The van der Waals surface area contributed by atoms with Crippen LogP contribution in [0.4, 0.5) is 0 Å². The van der Waals surface area contributed by atoms with E-state index in [4.69, 9.17) is 0 Å². The van der Waals surface area contributed by atoms with Crippen LogP contribution >= 0.6 is 0 Å². The van der Waals surface area contributed by atoms with E-state index in [9.17, 15) is 5.26 Å². The van der Waals surface area contributed by atoms with Crippen LogP contribution in [0, 0.1) is 16.7 Å². The van der Waals surface area contributed by atoms with Crippen molar-refractivity contribution in [1.29, 1.82) is 5.26 Å². The average molecular weight is 209 g/mol. The van der Waals surface area contributed by atoms with Gasteiger partial charge in [0, 0.05) is 0 Å². The predicted octanol–water partition coefficient (Wildman–Crippen LogP) is 5.07. The Morgan fingerprint density at radius 3 is 1.33 bits per heavy atom. The predicted molar refractivity (Wildman–Crippen MR) is 66.6 cm³/mol. The van der Waals surface area contributed by atoms with Crippen molar-refractivity contribution in [2.75, 3.05) is 0 Å².